The van der Waals surface area contributed by atoms with Crippen LogP contribution >= 0.6 is 0 Å². The molecule has 0 aliphatic carbocycles. The zero-order valence-electron chi connectivity index (χ0n) is 10.8. The number of hydrogen-bond donors (Lipinski definition) is 1. The predicted octanol–water partition coefficient (Wildman–Crippen LogP) is 2.20. The molecular weight excluding hydrogens is 212 g/mol. The predicted molar refractivity (Wildman–Crippen MR) is 69.7 cm³/mol. The van der Waals surface area contributed by atoms with E-state index in [0.29, 0.717) is 5.92 Å². The van der Waals surface area contributed by atoms with Crippen LogP contribution in [0.2, 0.25) is 0 Å². The van der Waals surface area contributed by atoms with Crippen LogP contribution < -0.4 is 5.32 Å². The van der Waals surface area contributed by atoms with E-state index in [1.807, 2.05) is 18.5 Å². The lowest BCUT2D eigenvalue weighted by Crippen LogP contribution is -2.21. The second-order valence-electron chi connectivity index (χ2n) is 4.66. The summed E-state index contributed by atoms with van der Waals surface area (Å²) in [7, 11) is 0. The summed E-state index contributed by atoms with van der Waals surface area (Å²) in [6.45, 7) is 9.35. The summed E-state index contributed by atoms with van der Waals surface area (Å²) in [6.07, 6.45) is 3.65. The second-order valence-corrected chi connectivity index (χ2v) is 4.66. The second kappa shape index (κ2) is 5.27. The fourth-order valence-electron chi connectivity index (χ4n) is 1.99. The summed E-state index contributed by atoms with van der Waals surface area (Å²) in [5.74, 6) is 1.76. The van der Waals surface area contributed by atoms with E-state index in [9.17, 15) is 0 Å². The third-order valence-electron chi connectivity index (χ3n) is 2.78. The fourth-order valence-corrected chi connectivity index (χ4v) is 1.99. The average Bonchev–Trinajstić information content (AvgIpc) is 2.66. The van der Waals surface area contributed by atoms with E-state index in [4.69, 9.17) is 0 Å². The summed E-state index contributed by atoms with van der Waals surface area (Å²) in [4.78, 5) is 8.73. The first-order valence-electron chi connectivity index (χ1n) is 6.22. The maximum absolute atomic E-state index is 4.62. The Morgan fingerprint density at radius 3 is 2.94 bits per heavy atom. The minimum atomic E-state index is 0.663. The third-order valence-corrected chi connectivity index (χ3v) is 2.78. The van der Waals surface area contributed by atoms with Crippen LogP contribution in [0, 0.1) is 5.92 Å². The zero-order valence-corrected chi connectivity index (χ0v) is 10.8. The molecule has 1 N–H and O–H groups in total. The van der Waals surface area contributed by atoms with Crippen molar-refractivity contribution in [1.82, 2.24) is 19.9 Å². The standard InChI is InChI=1S/C13H20N4/c1-4-17-12-5-6-14-8-11(12)16-13(17)9-15-7-10(2)3/h5-6,8,10,15H,4,7,9H2,1-3H3. The Morgan fingerprint density at radius 2 is 2.24 bits per heavy atom. The number of pyridine rings is 1. The molecule has 4 nitrogen and oxygen atoms in total. The van der Waals surface area contributed by atoms with Gasteiger partial charge in [-0.05, 0) is 25.5 Å². The van der Waals surface area contributed by atoms with E-state index in [-0.39, 0.29) is 0 Å². The maximum Gasteiger partial charge on any atom is 0.123 e. The average molecular weight is 232 g/mol. The topological polar surface area (TPSA) is 42.7 Å². The largest absolute Gasteiger partial charge is 0.327 e. The summed E-state index contributed by atoms with van der Waals surface area (Å²) in [5, 5.41) is 3.43. The monoisotopic (exact) mass is 232 g/mol. The highest BCUT2D eigenvalue weighted by molar-refractivity contribution is 5.74. The molecule has 0 radical (unpaired) electrons. The van der Waals surface area contributed by atoms with E-state index in [1.165, 1.54) is 5.52 Å². The molecule has 0 bridgehead atoms. The van der Waals surface area contributed by atoms with Gasteiger partial charge in [0.25, 0.3) is 0 Å². The molecule has 2 rings (SSSR count). The van der Waals surface area contributed by atoms with Crippen molar-refractivity contribution in [2.75, 3.05) is 6.54 Å². The number of nitrogens with zero attached hydrogens (tertiary/aromatic N) is 3. The Morgan fingerprint density at radius 1 is 1.41 bits per heavy atom. The summed E-state index contributed by atoms with van der Waals surface area (Å²) >= 11 is 0. The smallest absolute Gasteiger partial charge is 0.123 e. The van der Waals surface area contributed by atoms with Crippen LogP contribution in [0.15, 0.2) is 18.5 Å². The van der Waals surface area contributed by atoms with E-state index < -0.39 is 0 Å². The third kappa shape index (κ3) is 2.64. The molecule has 0 fully saturated rings. The Hall–Kier alpha value is -1.42. The van der Waals surface area contributed by atoms with Crippen molar-refractivity contribution in [3.8, 4) is 0 Å². The summed E-state index contributed by atoms with van der Waals surface area (Å²) in [6, 6.07) is 2.03. The van der Waals surface area contributed by atoms with Crippen LogP contribution in [0.1, 0.15) is 26.6 Å². The number of aromatic nitrogens is 3. The number of imidazole rings is 1. The number of hydrogen-bond acceptors (Lipinski definition) is 3. The highest BCUT2D eigenvalue weighted by Crippen LogP contribution is 2.14. The molecule has 0 saturated heterocycles. The van der Waals surface area contributed by atoms with Gasteiger partial charge >= 0.3 is 0 Å². The van der Waals surface area contributed by atoms with Gasteiger partial charge in [0, 0.05) is 12.7 Å². The lowest BCUT2D eigenvalue weighted by atomic mass is 10.2. The van der Waals surface area contributed by atoms with Crippen LogP contribution in [0.5, 0.6) is 0 Å². The first-order chi connectivity index (χ1) is 8.22. The van der Waals surface area contributed by atoms with Crippen molar-refractivity contribution in [3.05, 3.63) is 24.3 Å². The van der Waals surface area contributed by atoms with Gasteiger partial charge in [-0.2, -0.15) is 0 Å². The number of aryl methyl sites for hydroxylation is 1. The van der Waals surface area contributed by atoms with E-state index in [0.717, 1.165) is 31.0 Å². The molecule has 0 aromatic carbocycles. The van der Waals surface area contributed by atoms with Crippen molar-refractivity contribution >= 4 is 11.0 Å². The molecule has 0 atom stereocenters. The first-order valence-corrected chi connectivity index (χ1v) is 6.22. The van der Waals surface area contributed by atoms with E-state index >= 15 is 0 Å². The first kappa shape index (κ1) is 12.0. The number of rotatable bonds is 5. The lowest BCUT2D eigenvalue weighted by molar-refractivity contribution is 0.533. The van der Waals surface area contributed by atoms with Gasteiger partial charge in [0.05, 0.1) is 18.3 Å². The SMILES string of the molecule is CCn1c(CNCC(C)C)nc2cnccc21. The van der Waals surface area contributed by atoms with Gasteiger partial charge in [-0.3, -0.25) is 4.98 Å². The summed E-state index contributed by atoms with van der Waals surface area (Å²) in [5.41, 5.74) is 2.15. The number of nitrogens with one attached hydrogen (secondary N) is 1. The van der Waals surface area contributed by atoms with Gasteiger partial charge < -0.3 is 9.88 Å². The molecular formula is C13H20N4. The fraction of sp³-hybridized carbons (Fsp3) is 0.538. The van der Waals surface area contributed by atoms with Crippen molar-refractivity contribution < 1.29 is 0 Å². The van der Waals surface area contributed by atoms with Crippen LogP contribution in [0.25, 0.3) is 11.0 Å². The molecule has 92 valence electrons. The molecule has 0 saturated carbocycles. The molecule has 17 heavy (non-hydrogen) atoms. The molecule has 0 spiro atoms. The molecule has 2 aromatic rings. The van der Waals surface area contributed by atoms with Crippen LogP contribution in [0.3, 0.4) is 0 Å². The minimum Gasteiger partial charge on any atom is -0.327 e. The van der Waals surface area contributed by atoms with Gasteiger partial charge in [-0.15, -0.1) is 0 Å². The molecule has 0 aliphatic heterocycles. The van der Waals surface area contributed by atoms with Crippen LogP contribution in [-0.4, -0.2) is 21.1 Å². The van der Waals surface area contributed by atoms with Crippen molar-refractivity contribution in [2.45, 2.75) is 33.9 Å². The van der Waals surface area contributed by atoms with Gasteiger partial charge in [0.2, 0.25) is 0 Å². The van der Waals surface area contributed by atoms with Crippen molar-refractivity contribution in [1.29, 1.82) is 0 Å². The maximum atomic E-state index is 4.62. The normalized spacial score (nSPS) is 11.5. The van der Waals surface area contributed by atoms with Gasteiger partial charge in [0.1, 0.15) is 11.3 Å². The van der Waals surface area contributed by atoms with Crippen LogP contribution in [-0.2, 0) is 13.1 Å². The molecule has 2 heterocycles. The summed E-state index contributed by atoms with van der Waals surface area (Å²) < 4.78 is 2.24. The Labute approximate surface area is 102 Å². The van der Waals surface area contributed by atoms with E-state index in [1.54, 1.807) is 0 Å². The van der Waals surface area contributed by atoms with Gasteiger partial charge in [0.15, 0.2) is 0 Å². The van der Waals surface area contributed by atoms with Gasteiger partial charge in [-0.25, -0.2) is 4.98 Å². The lowest BCUT2D eigenvalue weighted by Gasteiger charge is -2.08. The quantitative estimate of drug-likeness (QED) is 0.859. The minimum absolute atomic E-state index is 0.663. The molecule has 2 aromatic heterocycles. The van der Waals surface area contributed by atoms with Crippen LogP contribution in [0.4, 0.5) is 0 Å². The van der Waals surface area contributed by atoms with Crippen molar-refractivity contribution in [2.24, 2.45) is 5.92 Å². The molecule has 0 amide bonds. The van der Waals surface area contributed by atoms with Crippen molar-refractivity contribution in [3.63, 3.8) is 0 Å². The zero-order chi connectivity index (χ0) is 12.3. The highest BCUT2D eigenvalue weighted by Gasteiger charge is 2.08. The Bertz CT molecular complexity index is 487. The van der Waals surface area contributed by atoms with Gasteiger partial charge in [-0.1, -0.05) is 13.8 Å². The Balaban J connectivity index is 2.21. The molecule has 4 heteroatoms. The highest BCUT2D eigenvalue weighted by atomic mass is 15.1. The van der Waals surface area contributed by atoms with E-state index in [2.05, 4.69) is 40.6 Å². The molecule has 0 unspecified atom stereocenters. The number of fused-ring (bicyclic) bond motifs is 1. The molecule has 0 aliphatic rings. The Kier molecular flexibility index (Phi) is 3.74.